The van der Waals surface area contributed by atoms with Gasteiger partial charge in [0.25, 0.3) is 0 Å². The SMILES string of the molecule is CCOc1ccc(NS(=O)(=O)CC)cc1Cl. The Morgan fingerprint density at radius 2 is 2.06 bits per heavy atom. The van der Waals surface area contributed by atoms with Crippen LogP contribution in [0.3, 0.4) is 0 Å². The van der Waals surface area contributed by atoms with Crippen LogP contribution in [-0.2, 0) is 10.0 Å². The summed E-state index contributed by atoms with van der Waals surface area (Å²) in [7, 11) is -3.26. The van der Waals surface area contributed by atoms with Gasteiger partial charge in [-0.05, 0) is 32.0 Å². The van der Waals surface area contributed by atoms with Gasteiger partial charge in [-0.25, -0.2) is 8.42 Å². The molecule has 0 bridgehead atoms. The first-order valence-corrected chi connectivity index (χ1v) is 6.94. The van der Waals surface area contributed by atoms with E-state index in [-0.39, 0.29) is 5.75 Å². The van der Waals surface area contributed by atoms with Crippen LogP contribution in [0.2, 0.25) is 5.02 Å². The van der Waals surface area contributed by atoms with Gasteiger partial charge in [0, 0.05) is 0 Å². The standard InChI is InChI=1S/C10H14ClNO3S/c1-3-15-10-6-5-8(7-9(10)11)12-16(13,14)4-2/h5-7,12H,3-4H2,1-2H3. The van der Waals surface area contributed by atoms with Crippen molar-refractivity contribution in [3.63, 3.8) is 0 Å². The highest BCUT2D eigenvalue weighted by molar-refractivity contribution is 7.92. The third kappa shape index (κ3) is 3.57. The maximum Gasteiger partial charge on any atom is 0.232 e. The molecule has 0 fully saturated rings. The van der Waals surface area contributed by atoms with Gasteiger partial charge < -0.3 is 4.74 Å². The molecular weight excluding hydrogens is 250 g/mol. The predicted octanol–water partition coefficient (Wildman–Crippen LogP) is 2.50. The summed E-state index contributed by atoms with van der Waals surface area (Å²) >= 11 is 5.92. The van der Waals surface area contributed by atoms with Gasteiger partial charge in [-0.15, -0.1) is 0 Å². The molecule has 0 saturated heterocycles. The molecule has 1 aromatic carbocycles. The minimum atomic E-state index is -3.26. The molecule has 0 aromatic heterocycles. The molecule has 0 aliphatic heterocycles. The van der Waals surface area contributed by atoms with Crippen molar-refractivity contribution >= 4 is 27.3 Å². The first kappa shape index (κ1) is 13.1. The zero-order chi connectivity index (χ0) is 12.2. The summed E-state index contributed by atoms with van der Waals surface area (Å²) in [5, 5.41) is 0.387. The Hall–Kier alpha value is -0.940. The molecule has 4 nitrogen and oxygen atoms in total. The van der Waals surface area contributed by atoms with Gasteiger partial charge >= 0.3 is 0 Å². The molecule has 1 rings (SSSR count). The normalized spacial score (nSPS) is 11.2. The van der Waals surface area contributed by atoms with Crippen LogP contribution in [0.15, 0.2) is 18.2 Å². The molecule has 0 aliphatic carbocycles. The number of hydrogen-bond acceptors (Lipinski definition) is 3. The molecule has 0 saturated carbocycles. The Kier molecular flexibility index (Phi) is 4.44. The summed E-state index contributed by atoms with van der Waals surface area (Å²) in [6.45, 7) is 3.93. The van der Waals surface area contributed by atoms with Crippen LogP contribution in [0.25, 0.3) is 0 Å². The molecule has 16 heavy (non-hydrogen) atoms. The van der Waals surface area contributed by atoms with E-state index >= 15 is 0 Å². The molecule has 1 N–H and O–H groups in total. The molecule has 0 heterocycles. The quantitative estimate of drug-likeness (QED) is 0.888. The van der Waals surface area contributed by atoms with E-state index in [0.29, 0.717) is 23.1 Å². The van der Waals surface area contributed by atoms with E-state index in [1.165, 1.54) is 6.07 Å². The van der Waals surface area contributed by atoms with Crippen molar-refractivity contribution in [2.75, 3.05) is 17.1 Å². The number of nitrogens with one attached hydrogen (secondary N) is 1. The van der Waals surface area contributed by atoms with Crippen molar-refractivity contribution in [3.8, 4) is 5.75 Å². The van der Waals surface area contributed by atoms with Crippen molar-refractivity contribution in [1.82, 2.24) is 0 Å². The molecule has 0 unspecified atom stereocenters. The molecule has 0 spiro atoms. The molecule has 0 aliphatic rings. The minimum Gasteiger partial charge on any atom is -0.492 e. The van der Waals surface area contributed by atoms with Crippen LogP contribution < -0.4 is 9.46 Å². The Labute approximate surface area is 101 Å². The van der Waals surface area contributed by atoms with Gasteiger partial charge in [-0.2, -0.15) is 0 Å². The topological polar surface area (TPSA) is 55.4 Å². The van der Waals surface area contributed by atoms with Crippen LogP contribution in [0.5, 0.6) is 5.75 Å². The lowest BCUT2D eigenvalue weighted by atomic mass is 10.3. The summed E-state index contributed by atoms with van der Waals surface area (Å²) in [6, 6.07) is 4.78. The molecule has 6 heteroatoms. The van der Waals surface area contributed by atoms with Gasteiger partial charge in [0.15, 0.2) is 0 Å². The van der Waals surface area contributed by atoms with E-state index in [1.807, 2.05) is 6.92 Å². The summed E-state index contributed by atoms with van der Waals surface area (Å²) in [5.41, 5.74) is 0.440. The maximum atomic E-state index is 11.3. The number of benzene rings is 1. The molecule has 90 valence electrons. The largest absolute Gasteiger partial charge is 0.492 e. The first-order chi connectivity index (χ1) is 7.48. The molecule has 0 atom stereocenters. The van der Waals surface area contributed by atoms with Crippen LogP contribution in [0.4, 0.5) is 5.69 Å². The van der Waals surface area contributed by atoms with E-state index in [4.69, 9.17) is 16.3 Å². The monoisotopic (exact) mass is 263 g/mol. The number of hydrogen-bond donors (Lipinski definition) is 1. The highest BCUT2D eigenvalue weighted by atomic mass is 35.5. The molecular formula is C10H14ClNO3S. The zero-order valence-electron chi connectivity index (χ0n) is 9.16. The Balaban J connectivity index is 2.89. The smallest absolute Gasteiger partial charge is 0.232 e. The lowest BCUT2D eigenvalue weighted by Crippen LogP contribution is -2.14. The van der Waals surface area contributed by atoms with E-state index in [0.717, 1.165) is 0 Å². The van der Waals surface area contributed by atoms with Crippen molar-refractivity contribution < 1.29 is 13.2 Å². The third-order valence-corrected chi connectivity index (χ3v) is 3.49. The van der Waals surface area contributed by atoms with Crippen LogP contribution in [0, 0.1) is 0 Å². The Morgan fingerprint density at radius 1 is 1.38 bits per heavy atom. The van der Waals surface area contributed by atoms with Gasteiger partial charge in [0.1, 0.15) is 5.75 Å². The number of sulfonamides is 1. The van der Waals surface area contributed by atoms with Crippen molar-refractivity contribution in [1.29, 1.82) is 0 Å². The van der Waals surface area contributed by atoms with Crippen LogP contribution in [0.1, 0.15) is 13.8 Å². The minimum absolute atomic E-state index is 0.0256. The van der Waals surface area contributed by atoms with Crippen molar-refractivity contribution in [2.24, 2.45) is 0 Å². The zero-order valence-corrected chi connectivity index (χ0v) is 10.7. The molecule has 0 radical (unpaired) electrons. The van der Waals surface area contributed by atoms with Crippen molar-refractivity contribution in [3.05, 3.63) is 23.2 Å². The molecule has 0 amide bonds. The second kappa shape index (κ2) is 5.41. The maximum absolute atomic E-state index is 11.3. The highest BCUT2D eigenvalue weighted by Gasteiger charge is 2.08. The van der Waals surface area contributed by atoms with Gasteiger partial charge in [-0.3, -0.25) is 4.72 Å². The average molecular weight is 264 g/mol. The van der Waals surface area contributed by atoms with Crippen LogP contribution in [-0.4, -0.2) is 20.8 Å². The number of anilines is 1. The van der Waals surface area contributed by atoms with Gasteiger partial charge in [-0.1, -0.05) is 11.6 Å². The fourth-order valence-electron chi connectivity index (χ4n) is 1.09. The van der Waals surface area contributed by atoms with Gasteiger partial charge in [0.2, 0.25) is 10.0 Å². The highest BCUT2D eigenvalue weighted by Crippen LogP contribution is 2.27. The predicted molar refractivity (Wildman–Crippen MR) is 65.7 cm³/mol. The molecule has 1 aromatic rings. The lowest BCUT2D eigenvalue weighted by Gasteiger charge is -2.09. The third-order valence-electron chi connectivity index (χ3n) is 1.89. The number of ether oxygens (including phenoxy) is 1. The summed E-state index contributed by atoms with van der Waals surface area (Å²) < 4.78 is 30.3. The van der Waals surface area contributed by atoms with Crippen LogP contribution >= 0.6 is 11.6 Å². The summed E-state index contributed by atoms with van der Waals surface area (Å²) in [5.74, 6) is 0.571. The number of rotatable bonds is 5. The van der Waals surface area contributed by atoms with E-state index < -0.39 is 10.0 Å². The fourth-order valence-corrected chi connectivity index (χ4v) is 1.95. The average Bonchev–Trinajstić information content (AvgIpc) is 2.22. The van der Waals surface area contributed by atoms with Crippen molar-refractivity contribution in [2.45, 2.75) is 13.8 Å². The second-order valence-electron chi connectivity index (χ2n) is 3.08. The summed E-state index contributed by atoms with van der Waals surface area (Å²) in [6.07, 6.45) is 0. The lowest BCUT2D eigenvalue weighted by molar-refractivity contribution is 0.340. The Morgan fingerprint density at radius 3 is 2.56 bits per heavy atom. The van der Waals surface area contributed by atoms with Gasteiger partial charge in [0.05, 0.1) is 23.1 Å². The van der Waals surface area contributed by atoms with E-state index in [9.17, 15) is 8.42 Å². The summed E-state index contributed by atoms with van der Waals surface area (Å²) in [4.78, 5) is 0. The second-order valence-corrected chi connectivity index (χ2v) is 5.50. The Bertz CT molecular complexity index is 459. The fraction of sp³-hybridized carbons (Fsp3) is 0.400. The number of halogens is 1. The van der Waals surface area contributed by atoms with E-state index in [2.05, 4.69) is 4.72 Å². The van der Waals surface area contributed by atoms with E-state index in [1.54, 1.807) is 19.1 Å². The first-order valence-electron chi connectivity index (χ1n) is 4.91.